The number of aryl methyl sites for hydroxylation is 1. The van der Waals surface area contributed by atoms with Gasteiger partial charge in [0.25, 0.3) is 5.56 Å². The summed E-state index contributed by atoms with van der Waals surface area (Å²) in [5, 5.41) is 13.7. The normalized spacial score (nSPS) is 10.5. The number of hydrogen-bond donors (Lipinski definition) is 3. The lowest BCUT2D eigenvalue weighted by atomic mass is 10.1. The molecule has 0 radical (unpaired) electrons. The van der Waals surface area contributed by atoms with E-state index in [2.05, 4.69) is 21.0 Å². The number of amides is 3. The second kappa shape index (κ2) is 9.13. The number of hydrogen-bond acceptors (Lipinski definition) is 4. The Hall–Kier alpha value is -4.46. The largest absolute Gasteiger partial charge is 0.324 e. The van der Waals surface area contributed by atoms with Gasteiger partial charge >= 0.3 is 6.03 Å². The van der Waals surface area contributed by atoms with Gasteiger partial charge in [0.1, 0.15) is 6.54 Å². The summed E-state index contributed by atoms with van der Waals surface area (Å²) < 4.78 is 1.16. The van der Waals surface area contributed by atoms with Crippen molar-refractivity contribution in [3.05, 3.63) is 94.9 Å². The Morgan fingerprint density at radius 3 is 1.94 bits per heavy atom. The number of anilines is 3. The summed E-state index contributed by atoms with van der Waals surface area (Å²) >= 11 is 0. The number of benzene rings is 3. The maximum atomic E-state index is 12.6. The summed E-state index contributed by atoms with van der Waals surface area (Å²) in [5.74, 6) is -0.378. The van der Waals surface area contributed by atoms with Crippen LogP contribution in [0, 0.1) is 6.92 Å². The van der Waals surface area contributed by atoms with Crippen LogP contribution in [0.25, 0.3) is 10.8 Å². The monoisotopic (exact) mass is 427 g/mol. The van der Waals surface area contributed by atoms with Gasteiger partial charge in [-0.2, -0.15) is 5.10 Å². The Morgan fingerprint density at radius 1 is 0.750 bits per heavy atom. The molecule has 0 saturated heterocycles. The zero-order chi connectivity index (χ0) is 22.5. The standard InChI is InChI=1S/C24H21N5O3/c1-16-20-9-5-6-10-21(20)23(31)29(28-16)15-22(30)25-18-11-13-19(14-12-18)27-24(32)26-17-7-3-2-4-8-17/h2-14H,15H2,1H3,(H,25,30)(H2,26,27,32). The predicted molar refractivity (Wildman–Crippen MR) is 125 cm³/mol. The Bertz CT molecular complexity index is 1330. The van der Waals surface area contributed by atoms with Gasteiger partial charge in [0, 0.05) is 22.4 Å². The van der Waals surface area contributed by atoms with Crippen LogP contribution in [-0.4, -0.2) is 21.7 Å². The molecule has 0 fully saturated rings. The van der Waals surface area contributed by atoms with E-state index in [-0.39, 0.29) is 24.0 Å². The number of para-hydroxylation sites is 1. The summed E-state index contributed by atoms with van der Waals surface area (Å²) in [6.07, 6.45) is 0. The molecular weight excluding hydrogens is 406 g/mol. The highest BCUT2D eigenvalue weighted by Gasteiger charge is 2.11. The predicted octanol–water partition coefficient (Wildman–Crippen LogP) is 3.99. The quantitative estimate of drug-likeness (QED) is 0.448. The molecule has 3 amide bonds. The van der Waals surface area contributed by atoms with Crippen molar-refractivity contribution in [1.29, 1.82) is 0 Å². The maximum absolute atomic E-state index is 12.6. The summed E-state index contributed by atoms with van der Waals surface area (Å²) in [6.45, 7) is 1.60. The topological polar surface area (TPSA) is 105 Å². The van der Waals surface area contributed by atoms with Gasteiger partial charge in [0.15, 0.2) is 0 Å². The van der Waals surface area contributed by atoms with Gasteiger partial charge in [-0.05, 0) is 49.4 Å². The van der Waals surface area contributed by atoms with Gasteiger partial charge < -0.3 is 16.0 Å². The Balaban J connectivity index is 1.38. The van der Waals surface area contributed by atoms with Crippen LogP contribution in [0.3, 0.4) is 0 Å². The van der Waals surface area contributed by atoms with Crippen LogP contribution in [0.2, 0.25) is 0 Å². The molecule has 0 aliphatic rings. The fraction of sp³-hybridized carbons (Fsp3) is 0.0833. The number of nitrogens with one attached hydrogen (secondary N) is 3. The van der Waals surface area contributed by atoms with Crippen LogP contribution in [0.5, 0.6) is 0 Å². The van der Waals surface area contributed by atoms with Crippen molar-refractivity contribution in [3.8, 4) is 0 Å². The fourth-order valence-corrected chi connectivity index (χ4v) is 3.30. The molecule has 8 nitrogen and oxygen atoms in total. The summed E-state index contributed by atoms with van der Waals surface area (Å²) in [5.41, 5.74) is 2.15. The van der Waals surface area contributed by atoms with Crippen molar-refractivity contribution in [1.82, 2.24) is 9.78 Å². The average Bonchev–Trinajstić information content (AvgIpc) is 2.79. The lowest BCUT2D eigenvalue weighted by molar-refractivity contribution is -0.117. The Labute approximate surface area is 183 Å². The first kappa shape index (κ1) is 20.8. The van der Waals surface area contributed by atoms with Crippen LogP contribution in [0.1, 0.15) is 5.69 Å². The highest BCUT2D eigenvalue weighted by atomic mass is 16.2. The molecule has 0 spiro atoms. The number of carbonyl (C=O) groups excluding carboxylic acids is 2. The van der Waals surface area contributed by atoms with Crippen molar-refractivity contribution in [2.45, 2.75) is 13.5 Å². The van der Waals surface area contributed by atoms with Gasteiger partial charge in [-0.15, -0.1) is 0 Å². The third kappa shape index (κ3) is 4.81. The van der Waals surface area contributed by atoms with Crippen molar-refractivity contribution in [3.63, 3.8) is 0 Å². The highest BCUT2D eigenvalue weighted by Crippen LogP contribution is 2.15. The molecule has 8 heteroatoms. The smallest absolute Gasteiger partial charge is 0.323 e. The molecule has 4 rings (SSSR count). The molecule has 0 aliphatic carbocycles. The Morgan fingerprint density at radius 2 is 1.28 bits per heavy atom. The van der Waals surface area contributed by atoms with E-state index in [0.29, 0.717) is 28.1 Å². The molecule has 0 aliphatic heterocycles. The maximum Gasteiger partial charge on any atom is 0.323 e. The lowest BCUT2D eigenvalue weighted by Gasteiger charge is -2.10. The molecule has 4 aromatic rings. The van der Waals surface area contributed by atoms with Crippen LogP contribution in [0.4, 0.5) is 21.9 Å². The zero-order valence-electron chi connectivity index (χ0n) is 17.3. The van der Waals surface area contributed by atoms with Crippen LogP contribution < -0.4 is 21.5 Å². The van der Waals surface area contributed by atoms with E-state index in [4.69, 9.17) is 0 Å². The van der Waals surface area contributed by atoms with E-state index in [1.807, 2.05) is 30.3 Å². The number of nitrogens with zero attached hydrogens (tertiary/aromatic N) is 2. The SMILES string of the molecule is Cc1nn(CC(=O)Nc2ccc(NC(=O)Nc3ccccc3)cc2)c(=O)c2ccccc12. The van der Waals surface area contributed by atoms with Crippen LogP contribution >= 0.6 is 0 Å². The van der Waals surface area contributed by atoms with E-state index in [1.54, 1.807) is 55.5 Å². The minimum Gasteiger partial charge on any atom is -0.324 e. The van der Waals surface area contributed by atoms with Gasteiger partial charge in [-0.25, -0.2) is 9.48 Å². The molecular formula is C24H21N5O3. The van der Waals surface area contributed by atoms with Crippen molar-refractivity contribution < 1.29 is 9.59 Å². The molecule has 0 atom stereocenters. The van der Waals surface area contributed by atoms with Gasteiger partial charge in [0.2, 0.25) is 5.91 Å². The second-order valence-electron chi connectivity index (χ2n) is 7.16. The zero-order valence-corrected chi connectivity index (χ0v) is 17.3. The minimum atomic E-state index is -0.378. The fourth-order valence-electron chi connectivity index (χ4n) is 3.30. The molecule has 3 aromatic carbocycles. The number of rotatable bonds is 5. The molecule has 160 valence electrons. The molecule has 32 heavy (non-hydrogen) atoms. The molecule has 0 unspecified atom stereocenters. The molecule has 3 N–H and O–H groups in total. The van der Waals surface area contributed by atoms with Crippen LogP contribution in [0.15, 0.2) is 83.7 Å². The van der Waals surface area contributed by atoms with E-state index in [1.165, 1.54) is 0 Å². The highest BCUT2D eigenvalue weighted by molar-refractivity contribution is 6.00. The van der Waals surface area contributed by atoms with Gasteiger partial charge in [-0.1, -0.05) is 36.4 Å². The van der Waals surface area contributed by atoms with Gasteiger partial charge in [-0.3, -0.25) is 9.59 Å². The van der Waals surface area contributed by atoms with Crippen molar-refractivity contribution >= 4 is 39.8 Å². The first-order chi connectivity index (χ1) is 15.5. The minimum absolute atomic E-state index is 0.204. The van der Waals surface area contributed by atoms with Crippen molar-refractivity contribution in [2.75, 3.05) is 16.0 Å². The lowest BCUT2D eigenvalue weighted by Crippen LogP contribution is -2.30. The van der Waals surface area contributed by atoms with E-state index < -0.39 is 0 Å². The number of carbonyl (C=O) groups is 2. The number of aromatic nitrogens is 2. The number of fused-ring (bicyclic) bond motifs is 1. The first-order valence-corrected chi connectivity index (χ1v) is 9.99. The molecule has 1 heterocycles. The van der Waals surface area contributed by atoms with E-state index in [0.717, 1.165) is 10.1 Å². The van der Waals surface area contributed by atoms with Gasteiger partial charge in [0.05, 0.1) is 11.1 Å². The average molecular weight is 427 g/mol. The van der Waals surface area contributed by atoms with E-state index in [9.17, 15) is 14.4 Å². The van der Waals surface area contributed by atoms with Crippen LogP contribution in [-0.2, 0) is 11.3 Å². The summed E-state index contributed by atoms with van der Waals surface area (Å²) in [7, 11) is 0. The molecule has 0 saturated carbocycles. The first-order valence-electron chi connectivity index (χ1n) is 9.99. The van der Waals surface area contributed by atoms with Crippen molar-refractivity contribution in [2.24, 2.45) is 0 Å². The Kier molecular flexibility index (Phi) is 5.94. The molecule has 0 bridgehead atoms. The third-order valence-corrected chi connectivity index (χ3v) is 4.80. The molecule has 1 aromatic heterocycles. The number of urea groups is 1. The summed E-state index contributed by atoms with van der Waals surface area (Å²) in [4.78, 5) is 37.1. The second-order valence-corrected chi connectivity index (χ2v) is 7.16. The van der Waals surface area contributed by atoms with E-state index >= 15 is 0 Å². The summed E-state index contributed by atoms with van der Waals surface area (Å²) in [6, 6.07) is 22.6. The third-order valence-electron chi connectivity index (χ3n) is 4.80.